The van der Waals surface area contributed by atoms with Gasteiger partial charge < -0.3 is 19.8 Å². The van der Waals surface area contributed by atoms with Crippen molar-refractivity contribution in [3.8, 4) is 40.1 Å². The van der Waals surface area contributed by atoms with Crippen LogP contribution in [0.3, 0.4) is 0 Å². The molecule has 0 aliphatic heterocycles. The molecule has 0 saturated heterocycles. The van der Waals surface area contributed by atoms with Crippen LogP contribution in [0.4, 0.5) is 14.5 Å². The van der Waals surface area contributed by atoms with E-state index in [4.69, 9.17) is 4.52 Å². The van der Waals surface area contributed by atoms with E-state index in [1.54, 1.807) is 0 Å². The van der Waals surface area contributed by atoms with Crippen LogP contribution < -0.4 is 0 Å². The molecule has 3 N–H and O–H groups in total. The zero-order valence-corrected chi connectivity index (χ0v) is 12.0. The fraction of sp³-hybridized carbons (Fsp3) is 0. The van der Waals surface area contributed by atoms with Gasteiger partial charge in [0.2, 0.25) is 11.6 Å². The van der Waals surface area contributed by atoms with Gasteiger partial charge in [0.25, 0.3) is 5.89 Å². The highest BCUT2D eigenvalue weighted by atomic mass is 19.1. The number of phenolic OH excluding ortho intramolecular Hbond substituents is 3. The van der Waals surface area contributed by atoms with Crippen molar-refractivity contribution in [1.82, 2.24) is 10.1 Å². The Morgan fingerprint density at radius 2 is 1.76 bits per heavy atom. The van der Waals surface area contributed by atoms with E-state index >= 15 is 0 Å². The Labute approximate surface area is 136 Å². The first-order valence-corrected chi connectivity index (χ1v) is 6.50. The van der Waals surface area contributed by atoms with Gasteiger partial charge in [0.05, 0.1) is 16.1 Å². The molecule has 0 spiro atoms. The molecule has 0 fully saturated rings. The first kappa shape index (κ1) is 16.1. The van der Waals surface area contributed by atoms with Gasteiger partial charge in [0.15, 0.2) is 17.3 Å². The van der Waals surface area contributed by atoms with Gasteiger partial charge in [-0.1, -0.05) is 5.16 Å². The summed E-state index contributed by atoms with van der Waals surface area (Å²) in [5.41, 5.74) is -1.29. The van der Waals surface area contributed by atoms with E-state index < -0.39 is 39.5 Å². The van der Waals surface area contributed by atoms with Crippen LogP contribution in [0.15, 0.2) is 28.8 Å². The first-order valence-electron chi connectivity index (χ1n) is 6.50. The summed E-state index contributed by atoms with van der Waals surface area (Å²) in [6, 6.07) is 2.97. The second-order valence-corrected chi connectivity index (χ2v) is 4.83. The van der Waals surface area contributed by atoms with Crippen LogP contribution in [-0.4, -0.2) is 30.4 Å². The molecule has 11 heteroatoms. The maximum Gasteiger partial charge on any atom is 0.315 e. The van der Waals surface area contributed by atoms with Gasteiger partial charge in [0.1, 0.15) is 5.82 Å². The van der Waals surface area contributed by atoms with E-state index in [-0.39, 0.29) is 22.8 Å². The number of aromatic nitrogens is 2. The van der Waals surface area contributed by atoms with Crippen molar-refractivity contribution in [2.45, 2.75) is 0 Å². The topological polar surface area (TPSA) is 143 Å². The molecule has 1 aromatic heterocycles. The summed E-state index contributed by atoms with van der Waals surface area (Å²) in [4.78, 5) is 13.7. The molecule has 3 aromatic rings. The lowest BCUT2D eigenvalue weighted by Gasteiger charge is -2.01. The van der Waals surface area contributed by atoms with Gasteiger partial charge >= 0.3 is 5.69 Å². The van der Waals surface area contributed by atoms with Crippen molar-refractivity contribution >= 4 is 5.69 Å². The molecule has 25 heavy (non-hydrogen) atoms. The largest absolute Gasteiger partial charge is 0.505 e. The smallest absolute Gasteiger partial charge is 0.315 e. The molecule has 128 valence electrons. The zero-order chi connectivity index (χ0) is 18.3. The second-order valence-electron chi connectivity index (χ2n) is 4.83. The van der Waals surface area contributed by atoms with Crippen molar-refractivity contribution in [3.05, 3.63) is 46.0 Å². The summed E-state index contributed by atoms with van der Waals surface area (Å²) in [7, 11) is 0. The van der Waals surface area contributed by atoms with Crippen LogP contribution in [0.1, 0.15) is 0 Å². The number of aromatic hydroxyl groups is 3. The summed E-state index contributed by atoms with van der Waals surface area (Å²) < 4.78 is 31.7. The fourth-order valence-electron chi connectivity index (χ4n) is 2.03. The lowest BCUT2D eigenvalue weighted by molar-refractivity contribution is -0.385. The number of hydrogen-bond donors (Lipinski definition) is 3. The van der Waals surface area contributed by atoms with E-state index in [9.17, 15) is 34.2 Å². The molecule has 1 heterocycles. The normalized spacial score (nSPS) is 10.8. The van der Waals surface area contributed by atoms with Crippen LogP contribution in [0, 0.1) is 21.7 Å². The molecule has 0 radical (unpaired) electrons. The molecule has 9 nitrogen and oxygen atoms in total. The molecule has 0 atom stereocenters. The Morgan fingerprint density at radius 1 is 1.04 bits per heavy atom. The Hall–Kier alpha value is -3.76. The molecular formula is C14H7F2N3O6. The van der Waals surface area contributed by atoms with Gasteiger partial charge in [-0.25, -0.2) is 8.78 Å². The average Bonchev–Trinajstić information content (AvgIpc) is 3.02. The van der Waals surface area contributed by atoms with Crippen LogP contribution in [-0.2, 0) is 0 Å². The molecule has 2 aromatic carbocycles. The van der Waals surface area contributed by atoms with Gasteiger partial charge in [0, 0.05) is 12.1 Å². The molecular weight excluding hydrogens is 344 g/mol. The molecule has 0 saturated carbocycles. The first-order chi connectivity index (χ1) is 11.8. The highest BCUT2D eigenvalue weighted by Crippen LogP contribution is 2.39. The monoisotopic (exact) mass is 351 g/mol. The highest BCUT2D eigenvalue weighted by molar-refractivity contribution is 5.69. The summed E-state index contributed by atoms with van der Waals surface area (Å²) >= 11 is 0. The third-order valence-electron chi connectivity index (χ3n) is 3.22. The number of halogens is 2. The van der Waals surface area contributed by atoms with Crippen molar-refractivity contribution < 1.29 is 33.5 Å². The summed E-state index contributed by atoms with van der Waals surface area (Å²) in [6.45, 7) is 0. The number of benzene rings is 2. The Kier molecular flexibility index (Phi) is 3.68. The third kappa shape index (κ3) is 2.78. The minimum atomic E-state index is -1.18. The molecule has 0 unspecified atom stereocenters. The van der Waals surface area contributed by atoms with Crippen LogP contribution in [0.25, 0.3) is 22.8 Å². The number of phenols is 3. The van der Waals surface area contributed by atoms with Crippen molar-refractivity contribution in [1.29, 1.82) is 0 Å². The second kappa shape index (κ2) is 5.70. The van der Waals surface area contributed by atoms with Gasteiger partial charge in [-0.2, -0.15) is 4.98 Å². The van der Waals surface area contributed by atoms with Crippen LogP contribution >= 0.6 is 0 Å². The van der Waals surface area contributed by atoms with E-state index in [1.807, 2.05) is 0 Å². The van der Waals surface area contributed by atoms with Gasteiger partial charge in [-0.15, -0.1) is 0 Å². The van der Waals surface area contributed by atoms with Crippen molar-refractivity contribution in [3.63, 3.8) is 0 Å². The number of nitro groups is 1. The van der Waals surface area contributed by atoms with Gasteiger partial charge in [-0.05, 0) is 12.1 Å². The predicted molar refractivity (Wildman–Crippen MR) is 76.7 cm³/mol. The van der Waals surface area contributed by atoms with Crippen molar-refractivity contribution in [2.75, 3.05) is 0 Å². The van der Waals surface area contributed by atoms with Crippen molar-refractivity contribution in [2.24, 2.45) is 0 Å². The quantitative estimate of drug-likeness (QED) is 0.371. The standard InChI is InChI=1S/C14H7F2N3O6/c15-7-4-8(16)10(20)3-6(7)13-17-14(25-18-13)5-1-9(19(23)24)12(22)11(21)2-5/h1-4,20-22H. The van der Waals surface area contributed by atoms with E-state index in [0.29, 0.717) is 6.07 Å². The number of nitrogens with zero attached hydrogens (tertiary/aromatic N) is 3. The molecule has 0 bridgehead atoms. The Bertz CT molecular complexity index is 1000. The maximum absolute atomic E-state index is 13.8. The molecule has 0 amide bonds. The zero-order valence-electron chi connectivity index (χ0n) is 12.0. The fourth-order valence-corrected chi connectivity index (χ4v) is 2.03. The van der Waals surface area contributed by atoms with Crippen LogP contribution in [0.5, 0.6) is 17.2 Å². The SMILES string of the molecule is O=[N+]([O-])c1cc(-c2nc(-c3cc(O)c(F)cc3F)no2)cc(O)c1O. The average molecular weight is 351 g/mol. The Balaban J connectivity index is 2.09. The lowest BCUT2D eigenvalue weighted by atomic mass is 10.1. The van der Waals surface area contributed by atoms with Gasteiger partial charge in [-0.3, -0.25) is 10.1 Å². The minimum absolute atomic E-state index is 0.118. The number of rotatable bonds is 3. The summed E-state index contributed by atoms with van der Waals surface area (Å²) in [5.74, 6) is -5.51. The summed E-state index contributed by atoms with van der Waals surface area (Å²) in [6.07, 6.45) is 0. The van der Waals surface area contributed by atoms with E-state index in [1.165, 1.54) is 0 Å². The molecule has 0 aliphatic carbocycles. The minimum Gasteiger partial charge on any atom is -0.505 e. The van der Waals surface area contributed by atoms with Crippen LogP contribution in [0.2, 0.25) is 0 Å². The summed E-state index contributed by atoms with van der Waals surface area (Å²) in [5, 5.41) is 42.6. The lowest BCUT2D eigenvalue weighted by Crippen LogP contribution is -1.91. The Morgan fingerprint density at radius 3 is 2.44 bits per heavy atom. The maximum atomic E-state index is 13.8. The number of nitro benzene ring substituents is 1. The van der Waals surface area contributed by atoms with E-state index in [2.05, 4.69) is 10.1 Å². The number of hydrogen-bond acceptors (Lipinski definition) is 8. The highest BCUT2D eigenvalue weighted by Gasteiger charge is 2.23. The predicted octanol–water partition coefficient (Wildman–Crippen LogP) is 2.71. The molecule has 3 rings (SSSR count). The van der Waals surface area contributed by atoms with E-state index in [0.717, 1.165) is 18.2 Å². The third-order valence-corrected chi connectivity index (χ3v) is 3.22. The molecule has 0 aliphatic rings.